The van der Waals surface area contributed by atoms with Crippen molar-refractivity contribution < 1.29 is 29.4 Å². The van der Waals surface area contributed by atoms with Crippen molar-refractivity contribution in [2.24, 2.45) is 0 Å². The van der Waals surface area contributed by atoms with Gasteiger partial charge in [-0.15, -0.1) is 0 Å². The fourth-order valence-corrected chi connectivity index (χ4v) is 4.83. The molecule has 0 aromatic heterocycles. The van der Waals surface area contributed by atoms with Crippen LogP contribution in [0.25, 0.3) is 0 Å². The number of carboxylic acids is 1. The number of rotatable bonds is 5. The van der Waals surface area contributed by atoms with E-state index in [1.165, 1.54) is 34.1 Å². The van der Waals surface area contributed by atoms with Crippen LogP contribution in [0.1, 0.15) is 29.6 Å². The summed E-state index contributed by atoms with van der Waals surface area (Å²) in [5, 5.41) is 25.5. The Morgan fingerprint density at radius 1 is 0.944 bits per heavy atom. The number of halogens is 2. The molecule has 2 aliphatic heterocycles. The molecule has 2 saturated heterocycles. The van der Waals surface area contributed by atoms with E-state index in [4.69, 9.17) is 23.2 Å². The Balaban J connectivity index is 1.48. The monoisotopic (exact) mass is 534 g/mol. The number of aromatic carboxylic acids is 1. The zero-order valence-electron chi connectivity index (χ0n) is 19.0. The average Bonchev–Trinajstić information content (AvgIpc) is 3.48. The minimum Gasteiger partial charge on any atom is -0.478 e. The molecule has 12 heteroatoms. The molecule has 4 amide bonds. The third-order valence-electron chi connectivity index (χ3n) is 6.25. The average molecular weight is 535 g/mol. The minimum atomic E-state index is -1.19. The fraction of sp³-hybridized carbons (Fsp3) is 0.333. The number of para-hydroxylation sites is 1. The summed E-state index contributed by atoms with van der Waals surface area (Å²) in [5.74, 6) is -2.16. The van der Waals surface area contributed by atoms with Gasteiger partial charge in [0.1, 0.15) is 12.1 Å². The van der Waals surface area contributed by atoms with Crippen molar-refractivity contribution in [2.45, 2.75) is 37.5 Å². The number of carbonyl (C=O) groups is 4. The molecule has 0 spiro atoms. The number of nitrogens with zero attached hydrogens (tertiary/aromatic N) is 2. The molecule has 4 rings (SSSR count). The zero-order valence-corrected chi connectivity index (χ0v) is 20.5. The summed E-state index contributed by atoms with van der Waals surface area (Å²) < 4.78 is 0. The Hall–Kier alpha value is -3.34. The molecule has 4 N–H and O–H groups in total. The van der Waals surface area contributed by atoms with Crippen molar-refractivity contribution in [1.82, 2.24) is 9.80 Å². The van der Waals surface area contributed by atoms with Gasteiger partial charge in [0, 0.05) is 25.2 Å². The maximum Gasteiger partial charge on any atom is 0.337 e. The summed E-state index contributed by atoms with van der Waals surface area (Å²) in [7, 11) is 0. The zero-order chi connectivity index (χ0) is 26.0. The van der Waals surface area contributed by atoms with Gasteiger partial charge >= 0.3 is 12.0 Å². The number of amides is 4. The second-order valence-electron chi connectivity index (χ2n) is 8.65. The van der Waals surface area contributed by atoms with E-state index in [0.29, 0.717) is 30.1 Å². The minimum absolute atomic E-state index is 0.0281. The smallest absolute Gasteiger partial charge is 0.337 e. The lowest BCUT2D eigenvalue weighted by atomic mass is 10.1. The standard InChI is InChI=1S/C24H24Cl2N4O6/c25-16-8-7-13(10-17(16)26)27-24(36)30-12-14(31)11-20(30)22(33)29-9-3-6-19(29)21(32)28-18-5-2-1-4-15(18)23(34)35/h1-2,4-5,7-8,10,14,19-20,31H,3,6,9,11-12H2,(H,27,36)(H,28,32)(H,34,35). The summed E-state index contributed by atoms with van der Waals surface area (Å²) in [6.45, 7) is 0.243. The van der Waals surface area contributed by atoms with E-state index in [-0.39, 0.29) is 29.2 Å². The number of anilines is 2. The second-order valence-corrected chi connectivity index (χ2v) is 9.46. The van der Waals surface area contributed by atoms with E-state index in [1.54, 1.807) is 18.2 Å². The predicted molar refractivity (Wildman–Crippen MR) is 133 cm³/mol. The first kappa shape index (κ1) is 25.7. The highest BCUT2D eigenvalue weighted by molar-refractivity contribution is 6.42. The highest BCUT2D eigenvalue weighted by Crippen LogP contribution is 2.29. The highest BCUT2D eigenvalue weighted by atomic mass is 35.5. The number of urea groups is 1. The molecule has 0 radical (unpaired) electrons. The summed E-state index contributed by atoms with van der Waals surface area (Å²) >= 11 is 11.9. The molecule has 2 aromatic carbocycles. The largest absolute Gasteiger partial charge is 0.478 e. The maximum atomic E-state index is 13.5. The summed E-state index contributed by atoms with van der Waals surface area (Å²) in [5.41, 5.74) is 0.441. The van der Waals surface area contributed by atoms with Gasteiger partial charge in [-0.2, -0.15) is 0 Å². The third kappa shape index (κ3) is 5.40. The summed E-state index contributed by atoms with van der Waals surface area (Å²) in [6.07, 6.45) is 0.0725. The van der Waals surface area contributed by atoms with Crippen molar-refractivity contribution in [3.05, 3.63) is 58.1 Å². The molecule has 2 fully saturated rings. The maximum absolute atomic E-state index is 13.5. The number of hydrogen-bond donors (Lipinski definition) is 4. The van der Waals surface area contributed by atoms with Crippen LogP contribution < -0.4 is 10.6 Å². The summed E-state index contributed by atoms with van der Waals surface area (Å²) in [6, 6.07) is 8.16. The van der Waals surface area contributed by atoms with Crippen LogP contribution in [0.15, 0.2) is 42.5 Å². The molecule has 0 bridgehead atoms. The van der Waals surface area contributed by atoms with Gasteiger partial charge in [-0.25, -0.2) is 9.59 Å². The summed E-state index contributed by atoms with van der Waals surface area (Å²) in [4.78, 5) is 53.6. The number of likely N-dealkylation sites (tertiary alicyclic amines) is 2. The topological polar surface area (TPSA) is 139 Å². The number of nitrogens with one attached hydrogen (secondary N) is 2. The van der Waals surface area contributed by atoms with Crippen molar-refractivity contribution in [3.63, 3.8) is 0 Å². The number of aliphatic hydroxyl groups excluding tert-OH is 1. The molecular weight excluding hydrogens is 511 g/mol. The first-order valence-electron chi connectivity index (χ1n) is 11.3. The van der Waals surface area contributed by atoms with Crippen LogP contribution in [0.2, 0.25) is 10.0 Å². The Morgan fingerprint density at radius 2 is 1.69 bits per heavy atom. The first-order valence-corrected chi connectivity index (χ1v) is 12.1. The third-order valence-corrected chi connectivity index (χ3v) is 6.99. The SMILES string of the molecule is O=C(O)c1ccccc1NC(=O)C1CCCN1C(=O)C1CC(O)CN1C(=O)Nc1ccc(Cl)c(Cl)c1. The van der Waals surface area contributed by atoms with Crippen LogP contribution in [0, 0.1) is 0 Å². The molecule has 2 heterocycles. The van der Waals surface area contributed by atoms with Gasteiger partial charge in [0.05, 0.1) is 27.4 Å². The number of carbonyl (C=O) groups excluding carboxylic acids is 3. The van der Waals surface area contributed by atoms with Crippen molar-refractivity contribution in [3.8, 4) is 0 Å². The van der Waals surface area contributed by atoms with Crippen LogP contribution in [0.3, 0.4) is 0 Å². The molecule has 2 aromatic rings. The Morgan fingerprint density at radius 3 is 2.42 bits per heavy atom. The number of benzene rings is 2. The van der Waals surface area contributed by atoms with E-state index >= 15 is 0 Å². The highest BCUT2D eigenvalue weighted by Gasteiger charge is 2.44. The quantitative estimate of drug-likeness (QED) is 0.464. The Kier molecular flexibility index (Phi) is 7.67. The van der Waals surface area contributed by atoms with E-state index in [2.05, 4.69) is 10.6 Å². The van der Waals surface area contributed by atoms with Crippen molar-refractivity contribution in [2.75, 3.05) is 23.7 Å². The Bertz CT molecular complexity index is 1210. The van der Waals surface area contributed by atoms with Crippen LogP contribution in [0.5, 0.6) is 0 Å². The molecule has 36 heavy (non-hydrogen) atoms. The van der Waals surface area contributed by atoms with Crippen LogP contribution >= 0.6 is 23.2 Å². The second kappa shape index (κ2) is 10.7. The molecule has 0 aliphatic carbocycles. The Labute approximate surface area is 216 Å². The first-order chi connectivity index (χ1) is 17.2. The normalized spacial score (nSPS) is 21.4. The van der Waals surface area contributed by atoms with E-state index < -0.39 is 42.0 Å². The molecule has 190 valence electrons. The fourth-order valence-electron chi connectivity index (χ4n) is 4.53. The van der Waals surface area contributed by atoms with Crippen LogP contribution in [-0.2, 0) is 9.59 Å². The van der Waals surface area contributed by atoms with Crippen molar-refractivity contribution in [1.29, 1.82) is 0 Å². The lowest BCUT2D eigenvalue weighted by molar-refractivity contribution is -0.139. The van der Waals surface area contributed by atoms with Crippen LogP contribution in [-0.4, -0.2) is 75.1 Å². The van der Waals surface area contributed by atoms with Gasteiger partial charge in [-0.05, 0) is 43.2 Å². The predicted octanol–water partition coefficient (Wildman–Crippen LogP) is 3.29. The lowest BCUT2D eigenvalue weighted by Gasteiger charge is -2.31. The molecule has 10 nitrogen and oxygen atoms in total. The molecule has 3 unspecified atom stereocenters. The van der Waals surface area contributed by atoms with Gasteiger partial charge in [0.25, 0.3) is 0 Å². The van der Waals surface area contributed by atoms with Gasteiger partial charge in [0.2, 0.25) is 11.8 Å². The molecular formula is C24H24Cl2N4O6. The number of aliphatic hydroxyl groups is 1. The van der Waals surface area contributed by atoms with Gasteiger partial charge in [-0.3, -0.25) is 9.59 Å². The van der Waals surface area contributed by atoms with E-state index in [0.717, 1.165) is 0 Å². The number of β-amino-alcohol motifs (C(OH)–C–C–N with tert-alkyl or cyclic N) is 1. The lowest BCUT2D eigenvalue weighted by Crippen LogP contribution is -2.52. The molecule has 2 aliphatic rings. The molecule has 3 atom stereocenters. The van der Waals surface area contributed by atoms with E-state index in [9.17, 15) is 29.4 Å². The molecule has 0 saturated carbocycles. The van der Waals surface area contributed by atoms with Crippen molar-refractivity contribution >= 4 is 58.4 Å². The van der Waals surface area contributed by atoms with Crippen LogP contribution in [0.4, 0.5) is 16.2 Å². The van der Waals surface area contributed by atoms with E-state index in [1.807, 2.05) is 0 Å². The number of carboxylic acid groups (broad SMARTS) is 1. The number of hydrogen-bond acceptors (Lipinski definition) is 5. The van der Waals surface area contributed by atoms with Gasteiger partial charge < -0.3 is 30.6 Å². The van der Waals surface area contributed by atoms with Gasteiger partial charge in [-0.1, -0.05) is 35.3 Å². The van der Waals surface area contributed by atoms with Gasteiger partial charge in [0.15, 0.2) is 0 Å².